The third kappa shape index (κ3) is 6.74. The minimum absolute atomic E-state index is 0.0965. The van der Waals surface area contributed by atoms with E-state index in [4.69, 9.17) is 10.5 Å². The molecule has 2 aromatic rings. The van der Waals surface area contributed by atoms with E-state index in [-0.39, 0.29) is 22.7 Å². The number of hydrogen-bond acceptors (Lipinski definition) is 9. The highest BCUT2D eigenvalue weighted by molar-refractivity contribution is 8.00. The number of hydrogen-bond donors (Lipinski definition) is 3. The first-order valence-corrected chi connectivity index (χ1v) is 13.2. The first-order chi connectivity index (χ1) is 18.0. The average Bonchev–Trinajstić information content (AvgIpc) is 2.86. The molecule has 11 heteroatoms. The molecule has 3 rings (SSSR count). The third-order valence-electron chi connectivity index (χ3n) is 6.00. The predicted octanol–water partition coefficient (Wildman–Crippen LogP) is 3.17. The highest BCUT2D eigenvalue weighted by atomic mass is 32.2. The number of carbonyl (C=O) groups excluding carboxylic acids is 2. The quantitative estimate of drug-likeness (QED) is 0.451. The summed E-state index contributed by atoms with van der Waals surface area (Å²) in [6.07, 6.45) is -0.801. The van der Waals surface area contributed by atoms with E-state index in [1.807, 2.05) is 13.0 Å². The van der Waals surface area contributed by atoms with Crippen LogP contribution in [0.2, 0.25) is 0 Å². The van der Waals surface area contributed by atoms with Gasteiger partial charge in [-0.3, -0.25) is 4.79 Å². The van der Waals surface area contributed by atoms with E-state index < -0.39 is 35.0 Å². The standard InChI is InChI=1S/C27H32N6O4S/c1-5-17-18(13-28)24(33-12-11-20(21(34)15-33)31-26(36)37-27(2,3)4)32-25(19(17)14-29)38-22(23(30)35)16-9-7-6-8-10-16/h6-10,20-22,34H,5,11-12,15H2,1-4H3,(H2,30,35)(H,31,36)/t20-,21-,22-/m1/s1. The van der Waals surface area contributed by atoms with Gasteiger partial charge in [0.2, 0.25) is 5.91 Å². The number of alkyl carbamates (subject to hydrolysis) is 1. The molecule has 0 spiro atoms. The maximum atomic E-state index is 12.4. The number of nitriles is 2. The number of rotatable bonds is 7. The number of carbonyl (C=O) groups is 2. The topological polar surface area (TPSA) is 165 Å². The van der Waals surface area contributed by atoms with Crippen molar-refractivity contribution < 1.29 is 19.4 Å². The van der Waals surface area contributed by atoms with Crippen molar-refractivity contribution in [3.8, 4) is 12.1 Å². The Morgan fingerprint density at radius 1 is 1.26 bits per heavy atom. The van der Waals surface area contributed by atoms with Gasteiger partial charge in [0.05, 0.1) is 23.3 Å². The highest BCUT2D eigenvalue weighted by Crippen LogP contribution is 2.40. The van der Waals surface area contributed by atoms with Crippen LogP contribution < -0.4 is 16.0 Å². The van der Waals surface area contributed by atoms with Gasteiger partial charge >= 0.3 is 6.09 Å². The summed E-state index contributed by atoms with van der Waals surface area (Å²) in [5, 5.41) is 33.0. The Labute approximate surface area is 226 Å². The van der Waals surface area contributed by atoms with E-state index in [2.05, 4.69) is 22.4 Å². The lowest BCUT2D eigenvalue weighted by Gasteiger charge is -2.37. The number of aliphatic hydroxyl groups excluding tert-OH is 1. The Hall–Kier alpha value is -3.80. The van der Waals surface area contributed by atoms with Crippen LogP contribution in [0.1, 0.15) is 61.6 Å². The molecule has 0 radical (unpaired) electrons. The molecule has 2 heterocycles. The molecule has 3 atom stereocenters. The van der Waals surface area contributed by atoms with Gasteiger partial charge in [0.25, 0.3) is 0 Å². The Bertz CT molecular complexity index is 1270. The summed E-state index contributed by atoms with van der Waals surface area (Å²) < 4.78 is 5.30. The summed E-state index contributed by atoms with van der Waals surface area (Å²) in [5.74, 6) is -0.266. The largest absolute Gasteiger partial charge is 0.444 e. The molecule has 1 saturated heterocycles. The van der Waals surface area contributed by atoms with Gasteiger partial charge in [-0.2, -0.15) is 10.5 Å². The molecule has 1 aliphatic rings. The molecular formula is C27H32N6O4S. The molecule has 2 amide bonds. The van der Waals surface area contributed by atoms with Crippen LogP contribution in [0.4, 0.5) is 10.6 Å². The van der Waals surface area contributed by atoms with Crippen molar-refractivity contribution >= 4 is 29.6 Å². The van der Waals surface area contributed by atoms with Gasteiger partial charge in [-0.05, 0) is 44.7 Å². The van der Waals surface area contributed by atoms with Gasteiger partial charge in [-0.1, -0.05) is 49.0 Å². The second-order valence-electron chi connectivity index (χ2n) is 9.91. The van der Waals surface area contributed by atoms with Crippen LogP contribution in [0, 0.1) is 22.7 Å². The lowest BCUT2D eigenvalue weighted by molar-refractivity contribution is -0.117. The van der Waals surface area contributed by atoms with E-state index in [0.29, 0.717) is 36.3 Å². The summed E-state index contributed by atoms with van der Waals surface area (Å²) in [7, 11) is 0. The van der Waals surface area contributed by atoms with Gasteiger partial charge < -0.3 is 25.8 Å². The van der Waals surface area contributed by atoms with Crippen LogP contribution in [0.25, 0.3) is 0 Å². The van der Waals surface area contributed by atoms with E-state index in [0.717, 1.165) is 11.8 Å². The number of benzene rings is 1. The van der Waals surface area contributed by atoms with Crippen molar-refractivity contribution in [1.82, 2.24) is 10.3 Å². The second kappa shape index (κ2) is 12.2. The number of piperidine rings is 1. The summed E-state index contributed by atoms with van der Waals surface area (Å²) in [6.45, 7) is 7.59. The molecule has 0 unspecified atom stereocenters. The third-order valence-corrected chi connectivity index (χ3v) is 7.26. The van der Waals surface area contributed by atoms with Crippen molar-refractivity contribution in [2.45, 2.75) is 68.6 Å². The fourth-order valence-corrected chi connectivity index (χ4v) is 5.34. The summed E-state index contributed by atoms with van der Waals surface area (Å²) in [4.78, 5) is 31.0. The van der Waals surface area contributed by atoms with Gasteiger partial charge in [-0.25, -0.2) is 9.78 Å². The van der Waals surface area contributed by atoms with E-state index in [9.17, 15) is 25.2 Å². The van der Waals surface area contributed by atoms with Crippen molar-refractivity contribution in [1.29, 1.82) is 10.5 Å². The molecule has 1 aliphatic heterocycles. The number of nitrogens with zero attached hydrogens (tertiary/aromatic N) is 4. The summed E-state index contributed by atoms with van der Waals surface area (Å²) in [6, 6.07) is 12.8. The number of β-amino-alcohol motifs (C(OH)–C–C–N with tert-alkyl or cyclic N) is 1. The normalized spacial score (nSPS) is 18.1. The molecule has 200 valence electrons. The molecule has 38 heavy (non-hydrogen) atoms. The van der Waals surface area contributed by atoms with Crippen LogP contribution in [-0.4, -0.2) is 52.9 Å². The smallest absolute Gasteiger partial charge is 0.407 e. The van der Waals surface area contributed by atoms with Gasteiger partial charge in [0.15, 0.2) is 0 Å². The fourth-order valence-electron chi connectivity index (χ4n) is 4.28. The molecule has 10 nitrogen and oxygen atoms in total. The molecule has 0 bridgehead atoms. The number of primary amides is 1. The maximum absolute atomic E-state index is 12.4. The minimum Gasteiger partial charge on any atom is -0.444 e. The lowest BCUT2D eigenvalue weighted by Crippen LogP contribution is -2.55. The molecular weight excluding hydrogens is 504 g/mol. The van der Waals surface area contributed by atoms with Gasteiger partial charge in [-0.15, -0.1) is 0 Å². The van der Waals surface area contributed by atoms with Crippen molar-refractivity contribution in [2.75, 3.05) is 18.0 Å². The van der Waals surface area contributed by atoms with Gasteiger partial charge in [0.1, 0.15) is 33.8 Å². The molecule has 0 saturated carbocycles. The Morgan fingerprint density at radius 2 is 1.92 bits per heavy atom. The van der Waals surface area contributed by atoms with Crippen LogP contribution in [-0.2, 0) is 16.0 Å². The number of nitrogens with one attached hydrogen (secondary N) is 1. The number of amides is 2. The van der Waals surface area contributed by atoms with Crippen LogP contribution >= 0.6 is 11.8 Å². The number of aromatic nitrogens is 1. The number of aliphatic hydroxyl groups is 1. The SMILES string of the molecule is CCc1c(C#N)c(S[C@@H](C(N)=O)c2ccccc2)nc(N2CC[C@@H](NC(=O)OC(C)(C)C)[C@H](O)C2)c1C#N. The zero-order valence-electron chi connectivity index (χ0n) is 21.9. The molecule has 0 aliphatic carbocycles. The van der Waals surface area contributed by atoms with Gasteiger partial charge in [0, 0.05) is 13.1 Å². The minimum atomic E-state index is -0.955. The Morgan fingerprint density at radius 3 is 2.45 bits per heavy atom. The Balaban J connectivity index is 1.95. The zero-order chi connectivity index (χ0) is 28.0. The van der Waals surface area contributed by atoms with E-state index in [1.54, 1.807) is 49.9 Å². The molecule has 1 aromatic heterocycles. The van der Waals surface area contributed by atoms with Crippen molar-refractivity contribution in [3.05, 3.63) is 52.6 Å². The molecule has 4 N–H and O–H groups in total. The lowest BCUT2D eigenvalue weighted by atomic mass is 9.98. The first kappa shape index (κ1) is 28.8. The van der Waals surface area contributed by atoms with E-state index in [1.165, 1.54) is 0 Å². The number of ether oxygens (including phenoxy) is 1. The number of nitrogens with two attached hydrogens (primary N) is 1. The molecule has 1 fully saturated rings. The highest BCUT2D eigenvalue weighted by Gasteiger charge is 2.34. The molecule has 1 aromatic carbocycles. The first-order valence-electron chi connectivity index (χ1n) is 12.3. The average molecular weight is 537 g/mol. The second-order valence-corrected chi connectivity index (χ2v) is 11.0. The van der Waals surface area contributed by atoms with Crippen LogP contribution in [0.3, 0.4) is 0 Å². The zero-order valence-corrected chi connectivity index (χ0v) is 22.7. The monoisotopic (exact) mass is 536 g/mol. The number of thioether (sulfide) groups is 1. The summed E-state index contributed by atoms with van der Waals surface area (Å²) in [5.41, 5.74) is 6.70. The number of anilines is 1. The summed E-state index contributed by atoms with van der Waals surface area (Å²) >= 11 is 1.06. The van der Waals surface area contributed by atoms with Crippen molar-refractivity contribution in [3.63, 3.8) is 0 Å². The van der Waals surface area contributed by atoms with Crippen molar-refractivity contribution in [2.24, 2.45) is 5.73 Å². The van der Waals surface area contributed by atoms with E-state index >= 15 is 0 Å². The fraction of sp³-hybridized carbons (Fsp3) is 0.444. The maximum Gasteiger partial charge on any atom is 0.407 e. The number of pyridine rings is 1. The Kier molecular flexibility index (Phi) is 9.21. The van der Waals surface area contributed by atoms with Crippen LogP contribution in [0.15, 0.2) is 35.4 Å². The predicted molar refractivity (Wildman–Crippen MR) is 143 cm³/mol. The van der Waals surface area contributed by atoms with Crippen LogP contribution in [0.5, 0.6) is 0 Å².